The van der Waals surface area contributed by atoms with Crippen molar-refractivity contribution in [2.45, 2.75) is 32.3 Å². The minimum absolute atomic E-state index is 0.108. The van der Waals surface area contributed by atoms with E-state index in [4.69, 9.17) is 23.2 Å². The fraction of sp³-hybridized carbons (Fsp3) is 0.500. The summed E-state index contributed by atoms with van der Waals surface area (Å²) in [6.45, 7) is 2.10. The standard InChI is InChI=1S/C14H16Cl2O2/c1-8-5-6-12(17)9(7-8)14(18)13-10(15)3-2-4-11(13)16/h2-4,8-9,14,18H,5-7H2,1H3/t8-,9-,14-/m0/s1. The molecule has 0 heterocycles. The molecule has 1 aromatic rings. The van der Waals surface area contributed by atoms with Gasteiger partial charge < -0.3 is 5.11 Å². The van der Waals surface area contributed by atoms with Crippen LogP contribution in [-0.2, 0) is 4.79 Å². The Hall–Kier alpha value is -0.570. The summed E-state index contributed by atoms with van der Waals surface area (Å²) >= 11 is 12.1. The third-order valence-electron chi connectivity index (χ3n) is 3.63. The molecular formula is C14H16Cl2O2. The number of carbonyl (C=O) groups excluding carboxylic acids is 1. The molecule has 0 amide bonds. The van der Waals surface area contributed by atoms with Gasteiger partial charge >= 0.3 is 0 Å². The van der Waals surface area contributed by atoms with E-state index in [1.54, 1.807) is 18.2 Å². The lowest BCUT2D eigenvalue weighted by molar-refractivity contribution is -0.129. The summed E-state index contributed by atoms with van der Waals surface area (Å²) < 4.78 is 0. The first-order chi connectivity index (χ1) is 8.50. The molecule has 4 heteroatoms. The van der Waals surface area contributed by atoms with E-state index in [2.05, 4.69) is 6.92 Å². The minimum Gasteiger partial charge on any atom is -0.388 e. The Morgan fingerprint density at radius 1 is 1.33 bits per heavy atom. The van der Waals surface area contributed by atoms with Gasteiger partial charge in [-0.2, -0.15) is 0 Å². The number of halogens is 2. The van der Waals surface area contributed by atoms with Crippen LogP contribution in [0, 0.1) is 11.8 Å². The molecule has 1 aromatic carbocycles. The molecule has 1 aliphatic rings. The summed E-state index contributed by atoms with van der Waals surface area (Å²) in [4.78, 5) is 11.9. The van der Waals surface area contributed by atoms with Gasteiger partial charge in [-0.25, -0.2) is 0 Å². The minimum atomic E-state index is -0.901. The van der Waals surface area contributed by atoms with Crippen LogP contribution >= 0.6 is 23.2 Å². The Morgan fingerprint density at radius 2 is 1.94 bits per heavy atom. The highest BCUT2D eigenvalue weighted by Gasteiger charge is 2.34. The molecule has 18 heavy (non-hydrogen) atoms. The van der Waals surface area contributed by atoms with Crippen LogP contribution in [0.2, 0.25) is 10.0 Å². The molecule has 0 radical (unpaired) electrons. The predicted octanol–water partition coefficient (Wildman–Crippen LogP) is 4.03. The smallest absolute Gasteiger partial charge is 0.138 e. The predicted molar refractivity (Wildman–Crippen MR) is 72.9 cm³/mol. The second-order valence-electron chi connectivity index (χ2n) is 5.03. The van der Waals surface area contributed by atoms with Crippen LogP contribution in [0.4, 0.5) is 0 Å². The zero-order valence-corrected chi connectivity index (χ0v) is 11.7. The summed E-state index contributed by atoms with van der Waals surface area (Å²) in [5.41, 5.74) is 0.480. The fourth-order valence-electron chi connectivity index (χ4n) is 2.56. The lowest BCUT2D eigenvalue weighted by Gasteiger charge is -2.30. The first kappa shape index (κ1) is 13.9. The van der Waals surface area contributed by atoms with Crippen molar-refractivity contribution in [1.29, 1.82) is 0 Å². The summed E-state index contributed by atoms with van der Waals surface area (Å²) in [5.74, 6) is 0.173. The van der Waals surface area contributed by atoms with Gasteiger partial charge in [0.1, 0.15) is 5.78 Å². The Bertz CT molecular complexity index is 439. The van der Waals surface area contributed by atoms with Crippen molar-refractivity contribution in [3.63, 3.8) is 0 Å². The zero-order valence-electron chi connectivity index (χ0n) is 10.2. The maximum Gasteiger partial charge on any atom is 0.138 e. The second kappa shape index (κ2) is 5.60. The van der Waals surface area contributed by atoms with Crippen molar-refractivity contribution in [2.75, 3.05) is 0 Å². The number of hydrogen-bond acceptors (Lipinski definition) is 2. The molecule has 0 bridgehead atoms. The van der Waals surface area contributed by atoms with Gasteiger partial charge in [0.05, 0.1) is 6.10 Å². The second-order valence-corrected chi connectivity index (χ2v) is 5.85. The molecule has 0 saturated heterocycles. The SMILES string of the molecule is C[C@H]1CCC(=O)[C@@H]([C@H](O)c2c(Cl)cccc2Cl)C1. The number of aliphatic hydroxyl groups is 1. The first-order valence-corrected chi connectivity index (χ1v) is 6.91. The molecule has 2 nitrogen and oxygen atoms in total. The molecule has 3 atom stereocenters. The Balaban J connectivity index is 2.30. The molecule has 0 unspecified atom stereocenters. The third-order valence-corrected chi connectivity index (χ3v) is 4.29. The van der Waals surface area contributed by atoms with E-state index in [9.17, 15) is 9.90 Å². The number of carbonyl (C=O) groups is 1. The van der Waals surface area contributed by atoms with Crippen LogP contribution in [0.25, 0.3) is 0 Å². The van der Waals surface area contributed by atoms with E-state index >= 15 is 0 Å². The normalized spacial score (nSPS) is 26.1. The Kier molecular flexibility index (Phi) is 4.31. The van der Waals surface area contributed by atoms with Gasteiger partial charge in [0.2, 0.25) is 0 Å². The van der Waals surface area contributed by atoms with Gasteiger partial charge in [0.25, 0.3) is 0 Å². The van der Waals surface area contributed by atoms with Gasteiger partial charge in [0, 0.05) is 27.9 Å². The van der Waals surface area contributed by atoms with Crippen LogP contribution in [0.15, 0.2) is 18.2 Å². The third kappa shape index (κ3) is 2.71. The highest BCUT2D eigenvalue weighted by molar-refractivity contribution is 6.36. The van der Waals surface area contributed by atoms with Crippen LogP contribution in [0.3, 0.4) is 0 Å². The summed E-state index contributed by atoms with van der Waals surface area (Å²) in [7, 11) is 0. The van der Waals surface area contributed by atoms with Crippen molar-refractivity contribution < 1.29 is 9.90 Å². The van der Waals surface area contributed by atoms with E-state index in [1.807, 2.05) is 0 Å². The largest absolute Gasteiger partial charge is 0.388 e. The lowest BCUT2D eigenvalue weighted by Crippen LogP contribution is -2.29. The zero-order chi connectivity index (χ0) is 13.3. The van der Waals surface area contributed by atoms with E-state index in [0.29, 0.717) is 34.4 Å². The van der Waals surface area contributed by atoms with Crippen molar-refractivity contribution in [3.05, 3.63) is 33.8 Å². The Labute approximate surface area is 117 Å². The molecule has 98 valence electrons. The maximum atomic E-state index is 11.9. The van der Waals surface area contributed by atoms with Gasteiger partial charge in [-0.15, -0.1) is 0 Å². The van der Waals surface area contributed by atoms with Crippen LogP contribution in [0.5, 0.6) is 0 Å². The average Bonchev–Trinajstić information content (AvgIpc) is 2.32. The average molecular weight is 287 g/mol. The molecule has 1 fully saturated rings. The molecule has 2 rings (SSSR count). The van der Waals surface area contributed by atoms with Crippen molar-refractivity contribution in [1.82, 2.24) is 0 Å². The molecule has 1 aliphatic carbocycles. The molecule has 0 aliphatic heterocycles. The quantitative estimate of drug-likeness (QED) is 0.891. The van der Waals surface area contributed by atoms with E-state index in [1.165, 1.54) is 0 Å². The molecule has 1 saturated carbocycles. The van der Waals surface area contributed by atoms with Crippen molar-refractivity contribution >= 4 is 29.0 Å². The molecular weight excluding hydrogens is 271 g/mol. The van der Waals surface area contributed by atoms with E-state index in [0.717, 1.165) is 6.42 Å². The number of Topliss-reactive ketones (excluding diaryl/α,β-unsaturated/α-hetero) is 1. The number of hydrogen-bond donors (Lipinski definition) is 1. The number of ketones is 1. The van der Waals surface area contributed by atoms with Crippen LogP contribution in [-0.4, -0.2) is 10.9 Å². The van der Waals surface area contributed by atoms with Crippen molar-refractivity contribution in [3.8, 4) is 0 Å². The molecule has 0 spiro atoms. The summed E-state index contributed by atoms with van der Waals surface area (Å²) in [5, 5.41) is 11.2. The highest BCUT2D eigenvalue weighted by Crippen LogP contribution is 2.39. The maximum absolute atomic E-state index is 11.9. The highest BCUT2D eigenvalue weighted by atomic mass is 35.5. The fourth-order valence-corrected chi connectivity index (χ4v) is 3.18. The van der Waals surface area contributed by atoms with E-state index in [-0.39, 0.29) is 11.7 Å². The summed E-state index contributed by atoms with van der Waals surface area (Å²) in [6, 6.07) is 5.09. The Morgan fingerprint density at radius 3 is 2.56 bits per heavy atom. The van der Waals surface area contributed by atoms with E-state index < -0.39 is 6.10 Å². The van der Waals surface area contributed by atoms with Gasteiger partial charge in [-0.3, -0.25) is 4.79 Å². The lowest BCUT2D eigenvalue weighted by atomic mass is 9.77. The van der Waals surface area contributed by atoms with Gasteiger partial charge in [0.15, 0.2) is 0 Å². The summed E-state index contributed by atoms with van der Waals surface area (Å²) in [6.07, 6.45) is 1.23. The number of aliphatic hydroxyl groups excluding tert-OH is 1. The molecule has 0 aromatic heterocycles. The first-order valence-electron chi connectivity index (χ1n) is 6.15. The topological polar surface area (TPSA) is 37.3 Å². The molecule has 1 N–H and O–H groups in total. The van der Waals surface area contributed by atoms with Crippen molar-refractivity contribution in [2.24, 2.45) is 11.8 Å². The number of benzene rings is 1. The number of rotatable bonds is 2. The van der Waals surface area contributed by atoms with Crippen LogP contribution < -0.4 is 0 Å². The van der Waals surface area contributed by atoms with Gasteiger partial charge in [-0.1, -0.05) is 36.2 Å². The van der Waals surface area contributed by atoms with Crippen LogP contribution in [0.1, 0.15) is 37.9 Å². The van der Waals surface area contributed by atoms with Gasteiger partial charge in [-0.05, 0) is 30.9 Å². The monoisotopic (exact) mass is 286 g/mol.